The highest BCUT2D eigenvalue weighted by Crippen LogP contribution is 2.45. The lowest BCUT2D eigenvalue weighted by Crippen LogP contribution is -2.35. The number of fused-ring (bicyclic) bond motifs is 1. The monoisotopic (exact) mass is 302 g/mol. The van der Waals surface area contributed by atoms with E-state index in [0.29, 0.717) is 0 Å². The number of para-hydroxylation sites is 2. The van der Waals surface area contributed by atoms with E-state index in [-0.39, 0.29) is 6.17 Å². The van der Waals surface area contributed by atoms with E-state index < -0.39 is 0 Å². The Hall–Kier alpha value is -2.88. The van der Waals surface area contributed by atoms with Crippen LogP contribution >= 0.6 is 0 Å². The van der Waals surface area contributed by atoms with Crippen LogP contribution in [0, 0.1) is 6.92 Å². The summed E-state index contributed by atoms with van der Waals surface area (Å²) in [6.07, 6.45) is 3.62. The quantitative estimate of drug-likeness (QED) is 0.701. The molecule has 2 heterocycles. The van der Waals surface area contributed by atoms with E-state index >= 15 is 0 Å². The van der Waals surface area contributed by atoms with Crippen molar-refractivity contribution >= 4 is 23.0 Å². The maximum absolute atomic E-state index is 4.61. The first kappa shape index (κ1) is 13.8. The van der Waals surface area contributed by atoms with Gasteiger partial charge < -0.3 is 9.80 Å². The first-order valence-electron chi connectivity index (χ1n) is 7.77. The third-order valence-corrected chi connectivity index (χ3v) is 4.27. The molecule has 1 unspecified atom stereocenters. The molecule has 3 aromatic rings. The Labute approximate surface area is 136 Å². The van der Waals surface area contributed by atoms with Gasteiger partial charge in [-0.2, -0.15) is 0 Å². The third-order valence-electron chi connectivity index (χ3n) is 4.27. The van der Waals surface area contributed by atoms with E-state index in [1.807, 2.05) is 6.07 Å². The normalized spacial score (nSPS) is 16.5. The summed E-state index contributed by atoms with van der Waals surface area (Å²) in [5.74, 6) is 1.80. The Morgan fingerprint density at radius 1 is 0.783 bits per heavy atom. The fraction of sp³-hybridized carbons (Fsp3) is 0.158. The van der Waals surface area contributed by atoms with Crippen LogP contribution in [0.2, 0.25) is 0 Å². The number of benzene rings is 2. The smallest absolute Gasteiger partial charge is 0.178 e. The number of rotatable bonds is 2. The highest BCUT2D eigenvalue weighted by molar-refractivity contribution is 5.83. The maximum Gasteiger partial charge on any atom is 0.178 e. The molecular weight excluding hydrogens is 284 g/mol. The molecule has 4 heteroatoms. The average molecular weight is 302 g/mol. The van der Waals surface area contributed by atoms with Gasteiger partial charge in [0.1, 0.15) is 6.17 Å². The van der Waals surface area contributed by atoms with E-state index in [4.69, 9.17) is 0 Å². The second kappa shape index (κ2) is 5.39. The topological polar surface area (TPSA) is 32.3 Å². The highest BCUT2D eigenvalue weighted by atomic mass is 15.5. The molecule has 1 aromatic heterocycles. The summed E-state index contributed by atoms with van der Waals surface area (Å²) >= 11 is 0. The summed E-state index contributed by atoms with van der Waals surface area (Å²) in [7, 11) is 0. The summed E-state index contributed by atoms with van der Waals surface area (Å²) in [6.45, 7) is 4.31. The lowest BCUT2D eigenvalue weighted by atomic mass is 10.2. The Morgan fingerprint density at radius 3 is 2.09 bits per heavy atom. The van der Waals surface area contributed by atoms with Gasteiger partial charge in [-0.1, -0.05) is 36.4 Å². The molecule has 1 aliphatic rings. The largest absolute Gasteiger partial charge is 0.302 e. The van der Waals surface area contributed by atoms with Crippen molar-refractivity contribution in [3.63, 3.8) is 0 Å². The molecule has 1 aliphatic heterocycles. The molecule has 0 saturated carbocycles. The van der Waals surface area contributed by atoms with Crippen molar-refractivity contribution in [3.8, 4) is 0 Å². The van der Waals surface area contributed by atoms with Crippen LogP contribution in [0.15, 0.2) is 67.0 Å². The van der Waals surface area contributed by atoms with Crippen LogP contribution in [-0.2, 0) is 0 Å². The molecule has 0 saturated heterocycles. The second-order valence-corrected chi connectivity index (χ2v) is 5.70. The van der Waals surface area contributed by atoms with E-state index in [2.05, 4.69) is 82.1 Å². The van der Waals surface area contributed by atoms with Crippen LogP contribution in [0.5, 0.6) is 0 Å². The number of anilines is 4. The van der Waals surface area contributed by atoms with Gasteiger partial charge >= 0.3 is 0 Å². The van der Waals surface area contributed by atoms with Gasteiger partial charge in [0.05, 0.1) is 0 Å². The van der Waals surface area contributed by atoms with Crippen molar-refractivity contribution in [2.45, 2.75) is 20.0 Å². The summed E-state index contributed by atoms with van der Waals surface area (Å²) in [5.41, 5.74) is 3.52. The molecule has 2 aromatic carbocycles. The van der Waals surface area contributed by atoms with Crippen LogP contribution < -0.4 is 9.80 Å². The molecular formula is C19H18N4. The number of hydrogen-bond donors (Lipinski definition) is 0. The maximum atomic E-state index is 4.61. The molecule has 4 rings (SSSR count). The molecule has 1 atom stereocenters. The van der Waals surface area contributed by atoms with Gasteiger partial charge in [0.25, 0.3) is 0 Å². The molecule has 0 bridgehead atoms. The van der Waals surface area contributed by atoms with Crippen molar-refractivity contribution in [1.29, 1.82) is 0 Å². The summed E-state index contributed by atoms with van der Waals surface area (Å²) in [5, 5.41) is 0. The SMILES string of the molecule is Cc1ccccc1N1c2nccnc2N(c2ccccc2)C1C. The van der Waals surface area contributed by atoms with E-state index in [0.717, 1.165) is 17.3 Å². The number of aromatic nitrogens is 2. The van der Waals surface area contributed by atoms with Gasteiger partial charge in [0.15, 0.2) is 11.6 Å². The molecule has 0 fully saturated rings. The predicted octanol–water partition coefficient (Wildman–Crippen LogP) is 4.42. The Kier molecular flexibility index (Phi) is 3.23. The molecule has 0 spiro atoms. The minimum Gasteiger partial charge on any atom is -0.302 e. The Balaban J connectivity index is 1.89. The highest BCUT2D eigenvalue weighted by Gasteiger charge is 2.37. The fourth-order valence-corrected chi connectivity index (χ4v) is 3.21. The van der Waals surface area contributed by atoms with Gasteiger partial charge in [0, 0.05) is 23.8 Å². The Bertz CT molecular complexity index is 832. The molecule has 0 amide bonds. The van der Waals surface area contributed by atoms with E-state index in [1.165, 1.54) is 11.3 Å². The van der Waals surface area contributed by atoms with Crippen LogP contribution in [0.4, 0.5) is 23.0 Å². The van der Waals surface area contributed by atoms with Gasteiger partial charge in [-0.3, -0.25) is 0 Å². The number of hydrogen-bond acceptors (Lipinski definition) is 4. The van der Waals surface area contributed by atoms with Gasteiger partial charge in [-0.15, -0.1) is 0 Å². The van der Waals surface area contributed by atoms with Crippen molar-refractivity contribution < 1.29 is 0 Å². The van der Waals surface area contributed by atoms with Crippen LogP contribution in [0.25, 0.3) is 0 Å². The lowest BCUT2D eigenvalue weighted by Gasteiger charge is -2.30. The summed E-state index contributed by atoms with van der Waals surface area (Å²) in [6, 6.07) is 18.7. The van der Waals surface area contributed by atoms with Crippen molar-refractivity contribution in [1.82, 2.24) is 9.97 Å². The summed E-state index contributed by atoms with van der Waals surface area (Å²) in [4.78, 5) is 13.7. The molecule has 0 aliphatic carbocycles. The standard InChI is InChI=1S/C19H18N4/c1-14-8-6-7-11-17(14)23-15(2)22(16-9-4-3-5-10-16)18-19(23)21-13-12-20-18/h3-13,15H,1-2H3. The predicted molar refractivity (Wildman–Crippen MR) is 93.4 cm³/mol. The molecule has 23 heavy (non-hydrogen) atoms. The molecule has 4 nitrogen and oxygen atoms in total. The van der Waals surface area contributed by atoms with Gasteiger partial charge in [-0.25, -0.2) is 9.97 Å². The van der Waals surface area contributed by atoms with Crippen LogP contribution in [0.3, 0.4) is 0 Å². The average Bonchev–Trinajstić information content (AvgIpc) is 2.88. The molecule has 0 N–H and O–H groups in total. The van der Waals surface area contributed by atoms with E-state index in [9.17, 15) is 0 Å². The van der Waals surface area contributed by atoms with Gasteiger partial charge in [0.2, 0.25) is 0 Å². The second-order valence-electron chi connectivity index (χ2n) is 5.70. The molecule has 114 valence electrons. The zero-order chi connectivity index (χ0) is 15.8. The Morgan fingerprint density at radius 2 is 1.39 bits per heavy atom. The lowest BCUT2D eigenvalue weighted by molar-refractivity contribution is 0.752. The third kappa shape index (κ3) is 2.14. The molecule has 0 radical (unpaired) electrons. The van der Waals surface area contributed by atoms with Crippen molar-refractivity contribution in [3.05, 3.63) is 72.6 Å². The van der Waals surface area contributed by atoms with Crippen LogP contribution in [-0.4, -0.2) is 16.1 Å². The van der Waals surface area contributed by atoms with Crippen molar-refractivity contribution in [2.75, 3.05) is 9.80 Å². The van der Waals surface area contributed by atoms with Crippen LogP contribution in [0.1, 0.15) is 12.5 Å². The van der Waals surface area contributed by atoms with E-state index in [1.54, 1.807) is 12.4 Å². The first-order valence-corrected chi connectivity index (χ1v) is 7.77. The van der Waals surface area contributed by atoms with Crippen molar-refractivity contribution in [2.24, 2.45) is 0 Å². The summed E-state index contributed by atoms with van der Waals surface area (Å²) < 4.78 is 0. The zero-order valence-corrected chi connectivity index (χ0v) is 13.2. The number of aryl methyl sites for hydroxylation is 1. The zero-order valence-electron chi connectivity index (χ0n) is 13.2. The van der Waals surface area contributed by atoms with Gasteiger partial charge in [-0.05, 0) is 37.6 Å². The number of nitrogens with zero attached hydrogens (tertiary/aromatic N) is 4. The first-order chi connectivity index (χ1) is 11.3. The fourth-order valence-electron chi connectivity index (χ4n) is 3.21. The minimum absolute atomic E-state index is 0.107. The minimum atomic E-state index is 0.107.